The Morgan fingerprint density at radius 2 is 1.48 bits per heavy atom. The number of anilines is 4. The van der Waals surface area contributed by atoms with Gasteiger partial charge in [0.05, 0.1) is 17.1 Å². The average Bonchev–Trinajstić information content (AvgIpc) is 2.79. The summed E-state index contributed by atoms with van der Waals surface area (Å²) in [6, 6.07) is 20.6. The molecule has 3 aromatic carbocycles. The first kappa shape index (κ1) is 21.9. The summed E-state index contributed by atoms with van der Waals surface area (Å²) in [5, 5.41) is 3.36. The fourth-order valence-corrected chi connectivity index (χ4v) is 3.70. The lowest BCUT2D eigenvalue weighted by Gasteiger charge is -2.22. The molecule has 0 amide bonds. The quantitative estimate of drug-likeness (QED) is 0.332. The van der Waals surface area contributed by atoms with Gasteiger partial charge in [-0.3, -0.25) is 4.79 Å². The van der Waals surface area contributed by atoms with E-state index < -0.39 is 0 Å². The molecular formula is C27H27N5O. The summed E-state index contributed by atoms with van der Waals surface area (Å²) in [6.07, 6.45) is 2.11. The van der Waals surface area contributed by atoms with Crippen LogP contribution in [0, 0.1) is 6.92 Å². The van der Waals surface area contributed by atoms with Gasteiger partial charge in [-0.25, -0.2) is 4.99 Å². The van der Waals surface area contributed by atoms with E-state index in [1.165, 1.54) is 0 Å². The van der Waals surface area contributed by atoms with E-state index in [1.54, 1.807) is 6.08 Å². The van der Waals surface area contributed by atoms with Crippen molar-refractivity contribution in [1.82, 2.24) is 0 Å². The maximum Gasteiger partial charge on any atom is 0.184 e. The van der Waals surface area contributed by atoms with Crippen molar-refractivity contribution in [3.8, 4) is 0 Å². The van der Waals surface area contributed by atoms with Crippen LogP contribution in [0.1, 0.15) is 18.1 Å². The summed E-state index contributed by atoms with van der Waals surface area (Å²) in [7, 11) is 0. The highest BCUT2D eigenvalue weighted by atomic mass is 16.1. The number of allylic oxidation sites excluding steroid dienone is 3. The monoisotopic (exact) mass is 437 g/mol. The van der Waals surface area contributed by atoms with Gasteiger partial charge in [-0.2, -0.15) is 0 Å². The van der Waals surface area contributed by atoms with Gasteiger partial charge >= 0.3 is 0 Å². The van der Waals surface area contributed by atoms with Gasteiger partial charge in [0, 0.05) is 40.8 Å². The van der Waals surface area contributed by atoms with E-state index >= 15 is 0 Å². The number of benzene rings is 3. The summed E-state index contributed by atoms with van der Waals surface area (Å²) in [5.74, 6) is -0.0461. The van der Waals surface area contributed by atoms with Crippen molar-refractivity contribution < 1.29 is 4.79 Å². The highest BCUT2D eigenvalue weighted by Gasteiger charge is 2.25. The fourth-order valence-electron chi connectivity index (χ4n) is 3.70. The van der Waals surface area contributed by atoms with Crippen molar-refractivity contribution >= 4 is 39.9 Å². The molecule has 0 saturated heterocycles. The number of nitrogens with two attached hydrogens (primary N) is 3. The first-order valence-electron chi connectivity index (χ1n) is 10.7. The zero-order valence-corrected chi connectivity index (χ0v) is 18.7. The molecule has 7 N–H and O–H groups in total. The molecule has 0 radical (unpaired) electrons. The predicted octanol–water partition coefficient (Wildman–Crippen LogP) is 4.95. The van der Waals surface area contributed by atoms with Crippen molar-refractivity contribution in [1.29, 1.82) is 0 Å². The van der Waals surface area contributed by atoms with Crippen molar-refractivity contribution in [3.05, 3.63) is 101 Å². The molecule has 0 bridgehead atoms. The lowest BCUT2D eigenvalue weighted by atomic mass is 9.88. The molecule has 4 rings (SSSR count). The van der Waals surface area contributed by atoms with Crippen molar-refractivity contribution in [2.45, 2.75) is 20.3 Å². The first-order chi connectivity index (χ1) is 15.8. The SMILES string of the molecule is CC1=C(Cc2ccc(N)cc2)C(=O)C=C(Nc2ccc(N)c(C)c2)C1=Nc1ccc(N)cc1. The minimum atomic E-state index is -0.0461. The Morgan fingerprint density at radius 1 is 0.848 bits per heavy atom. The Balaban J connectivity index is 1.75. The van der Waals surface area contributed by atoms with Crippen LogP contribution >= 0.6 is 0 Å². The lowest BCUT2D eigenvalue weighted by Crippen LogP contribution is -2.23. The van der Waals surface area contributed by atoms with E-state index in [-0.39, 0.29) is 5.78 Å². The number of hydrogen-bond donors (Lipinski definition) is 4. The maximum absolute atomic E-state index is 13.1. The lowest BCUT2D eigenvalue weighted by molar-refractivity contribution is -0.111. The number of carbonyl (C=O) groups is 1. The van der Waals surface area contributed by atoms with E-state index in [2.05, 4.69) is 5.32 Å². The molecule has 6 nitrogen and oxygen atoms in total. The van der Waals surface area contributed by atoms with E-state index in [0.717, 1.165) is 28.1 Å². The predicted molar refractivity (Wildman–Crippen MR) is 138 cm³/mol. The molecule has 3 aromatic rings. The van der Waals surface area contributed by atoms with E-state index in [4.69, 9.17) is 22.2 Å². The second-order valence-electron chi connectivity index (χ2n) is 8.19. The molecule has 0 saturated carbocycles. The Morgan fingerprint density at radius 3 is 2.12 bits per heavy atom. The molecule has 0 heterocycles. The Labute approximate surface area is 193 Å². The second kappa shape index (κ2) is 9.04. The average molecular weight is 438 g/mol. The van der Waals surface area contributed by atoms with Crippen LogP contribution in [0.15, 0.2) is 94.6 Å². The highest BCUT2D eigenvalue weighted by Crippen LogP contribution is 2.28. The Hall–Kier alpha value is -4.32. The Bertz CT molecular complexity index is 1300. The highest BCUT2D eigenvalue weighted by molar-refractivity contribution is 6.26. The van der Waals surface area contributed by atoms with Crippen LogP contribution in [0.4, 0.5) is 28.4 Å². The molecule has 1 aliphatic carbocycles. The molecular weight excluding hydrogens is 410 g/mol. The van der Waals surface area contributed by atoms with Crippen molar-refractivity contribution in [2.24, 2.45) is 4.99 Å². The summed E-state index contributed by atoms with van der Waals surface area (Å²) >= 11 is 0. The molecule has 0 atom stereocenters. The summed E-state index contributed by atoms with van der Waals surface area (Å²) in [5.41, 5.74) is 26.1. The van der Waals surface area contributed by atoms with Crippen LogP contribution in [0.2, 0.25) is 0 Å². The van der Waals surface area contributed by atoms with Gasteiger partial charge in [-0.15, -0.1) is 0 Å². The summed E-state index contributed by atoms with van der Waals surface area (Å²) < 4.78 is 0. The second-order valence-corrected chi connectivity index (χ2v) is 8.19. The van der Waals surface area contributed by atoms with Crippen molar-refractivity contribution in [3.63, 3.8) is 0 Å². The number of aliphatic imine (C=N–C) groups is 1. The Kier molecular flexibility index (Phi) is 6.00. The maximum atomic E-state index is 13.1. The largest absolute Gasteiger partial charge is 0.399 e. The third-order valence-electron chi connectivity index (χ3n) is 5.68. The minimum Gasteiger partial charge on any atom is -0.399 e. The van der Waals surface area contributed by atoms with E-state index in [9.17, 15) is 4.79 Å². The molecule has 0 unspecified atom stereocenters. The third kappa shape index (κ3) is 4.96. The molecule has 0 spiro atoms. The van der Waals surface area contributed by atoms with Gasteiger partial charge in [0.2, 0.25) is 0 Å². The van der Waals surface area contributed by atoms with E-state index in [0.29, 0.717) is 40.5 Å². The number of rotatable bonds is 5. The molecule has 166 valence electrons. The topological polar surface area (TPSA) is 120 Å². The number of nitrogens with one attached hydrogen (secondary N) is 1. The first-order valence-corrected chi connectivity index (χ1v) is 10.7. The van der Waals surface area contributed by atoms with Crippen LogP contribution in [0.5, 0.6) is 0 Å². The molecule has 1 aliphatic rings. The molecule has 6 heteroatoms. The van der Waals surface area contributed by atoms with Gasteiger partial charge in [0.15, 0.2) is 5.78 Å². The van der Waals surface area contributed by atoms with Gasteiger partial charge < -0.3 is 22.5 Å². The van der Waals surface area contributed by atoms with Gasteiger partial charge in [-0.05, 0) is 85.1 Å². The van der Waals surface area contributed by atoms with Crippen LogP contribution < -0.4 is 22.5 Å². The number of nitrogen functional groups attached to an aromatic ring is 3. The smallest absolute Gasteiger partial charge is 0.184 e. The molecule has 0 aliphatic heterocycles. The van der Waals surface area contributed by atoms with Crippen molar-refractivity contribution in [2.75, 3.05) is 22.5 Å². The number of ketones is 1. The summed E-state index contributed by atoms with van der Waals surface area (Å²) in [6.45, 7) is 3.88. The van der Waals surface area contributed by atoms with Crippen LogP contribution in [-0.2, 0) is 11.2 Å². The van der Waals surface area contributed by atoms with E-state index in [1.807, 2.05) is 80.6 Å². The van der Waals surface area contributed by atoms with Gasteiger partial charge in [0.1, 0.15) is 0 Å². The summed E-state index contributed by atoms with van der Waals surface area (Å²) in [4.78, 5) is 18.0. The zero-order chi connectivity index (χ0) is 23.5. The molecule has 33 heavy (non-hydrogen) atoms. The zero-order valence-electron chi connectivity index (χ0n) is 18.7. The number of carbonyl (C=O) groups excluding carboxylic acids is 1. The standard InChI is InChI=1S/C27H27N5O/c1-16-13-22(11-12-24(16)30)31-25-15-26(33)23(14-18-3-5-19(28)6-4-18)17(2)27(25)32-21-9-7-20(29)8-10-21/h3-13,15,31H,14,28-30H2,1-2H3. The number of aryl methyl sites for hydroxylation is 1. The normalized spacial score (nSPS) is 15.0. The molecule has 0 fully saturated rings. The van der Waals surface area contributed by atoms with Gasteiger partial charge in [0.25, 0.3) is 0 Å². The minimum absolute atomic E-state index is 0.0461. The van der Waals surface area contributed by atoms with Crippen LogP contribution in [0.3, 0.4) is 0 Å². The van der Waals surface area contributed by atoms with Crippen LogP contribution in [-0.4, -0.2) is 11.5 Å². The van der Waals surface area contributed by atoms with Gasteiger partial charge in [-0.1, -0.05) is 12.1 Å². The van der Waals surface area contributed by atoms with Crippen LogP contribution in [0.25, 0.3) is 0 Å². The third-order valence-corrected chi connectivity index (χ3v) is 5.68. The fraction of sp³-hybridized carbons (Fsp3) is 0.111. The number of nitrogens with zero attached hydrogens (tertiary/aromatic N) is 1. The number of hydrogen-bond acceptors (Lipinski definition) is 6. The molecule has 0 aromatic heterocycles.